The number of benzene rings is 1. The molecule has 1 rings (SSSR count). The molecule has 3 nitrogen and oxygen atoms in total. The number of carbonyl (C=O) groups excluding carboxylic acids is 1. The van der Waals surface area contributed by atoms with Crippen molar-refractivity contribution in [3.63, 3.8) is 0 Å². The van der Waals surface area contributed by atoms with Crippen LogP contribution in [0.15, 0.2) is 18.2 Å². The van der Waals surface area contributed by atoms with Crippen LogP contribution >= 0.6 is 0 Å². The fourth-order valence-corrected chi connectivity index (χ4v) is 1.53. The van der Waals surface area contributed by atoms with Crippen LogP contribution in [0.3, 0.4) is 0 Å². The van der Waals surface area contributed by atoms with Gasteiger partial charge in [-0.2, -0.15) is 0 Å². The average molecular weight is 224 g/mol. The maximum Gasteiger partial charge on any atom is 0.256 e. The number of hydrogen-bond donors (Lipinski definition) is 1. The Balaban J connectivity index is 2.98. The zero-order valence-corrected chi connectivity index (χ0v) is 9.66. The highest BCUT2D eigenvalue weighted by atomic mass is 19.1. The number of carbonyl (C=O) groups is 1. The van der Waals surface area contributed by atoms with Gasteiger partial charge in [0.1, 0.15) is 5.82 Å². The molecule has 0 heterocycles. The monoisotopic (exact) mass is 224 g/mol. The Labute approximate surface area is 95.0 Å². The van der Waals surface area contributed by atoms with Crippen LogP contribution in [0, 0.1) is 12.7 Å². The summed E-state index contributed by atoms with van der Waals surface area (Å²) in [4.78, 5) is 13.5. The van der Waals surface area contributed by atoms with E-state index in [4.69, 9.17) is 5.73 Å². The molecule has 0 fully saturated rings. The van der Waals surface area contributed by atoms with E-state index in [1.165, 1.54) is 11.0 Å². The fraction of sp³-hybridized carbons (Fsp3) is 0.417. The number of nitrogens with two attached hydrogens (primary N) is 1. The van der Waals surface area contributed by atoms with Crippen LogP contribution in [0.2, 0.25) is 0 Å². The number of nitrogens with zero attached hydrogens (tertiary/aromatic N) is 1. The molecule has 1 amide bonds. The van der Waals surface area contributed by atoms with E-state index in [-0.39, 0.29) is 11.5 Å². The standard InChI is InChI=1S/C12H17FN2O/c1-3-15(7-6-14)12(16)10-8-9(2)4-5-11(10)13/h4-5,8H,3,6-7,14H2,1-2H3. The summed E-state index contributed by atoms with van der Waals surface area (Å²) in [7, 11) is 0. The van der Waals surface area contributed by atoms with Gasteiger partial charge in [0.2, 0.25) is 0 Å². The largest absolute Gasteiger partial charge is 0.338 e. The summed E-state index contributed by atoms with van der Waals surface area (Å²) in [5.41, 5.74) is 6.39. The normalized spacial score (nSPS) is 10.2. The first kappa shape index (κ1) is 12.6. The molecular weight excluding hydrogens is 207 g/mol. The molecular formula is C12H17FN2O. The summed E-state index contributed by atoms with van der Waals surface area (Å²) in [6, 6.07) is 4.53. The van der Waals surface area contributed by atoms with Crippen LogP contribution in [0.5, 0.6) is 0 Å². The quantitative estimate of drug-likeness (QED) is 0.843. The van der Waals surface area contributed by atoms with Crippen molar-refractivity contribution < 1.29 is 9.18 Å². The van der Waals surface area contributed by atoms with Gasteiger partial charge in [0, 0.05) is 19.6 Å². The smallest absolute Gasteiger partial charge is 0.256 e. The lowest BCUT2D eigenvalue weighted by Crippen LogP contribution is -2.35. The van der Waals surface area contributed by atoms with E-state index in [1.54, 1.807) is 12.1 Å². The van der Waals surface area contributed by atoms with Crippen LogP contribution in [0.1, 0.15) is 22.8 Å². The summed E-state index contributed by atoms with van der Waals surface area (Å²) < 4.78 is 13.5. The first-order valence-electron chi connectivity index (χ1n) is 5.35. The van der Waals surface area contributed by atoms with Gasteiger partial charge in [-0.1, -0.05) is 11.6 Å². The van der Waals surface area contributed by atoms with Crippen molar-refractivity contribution in [2.45, 2.75) is 13.8 Å². The molecule has 0 aliphatic heterocycles. The van der Waals surface area contributed by atoms with Gasteiger partial charge in [-0.05, 0) is 26.0 Å². The van der Waals surface area contributed by atoms with E-state index < -0.39 is 5.82 Å². The second kappa shape index (κ2) is 5.61. The van der Waals surface area contributed by atoms with E-state index in [9.17, 15) is 9.18 Å². The van der Waals surface area contributed by atoms with Crippen LogP contribution < -0.4 is 5.73 Å². The van der Waals surface area contributed by atoms with Crippen molar-refractivity contribution in [1.29, 1.82) is 0 Å². The van der Waals surface area contributed by atoms with E-state index in [0.717, 1.165) is 5.56 Å². The molecule has 0 aliphatic carbocycles. The highest BCUT2D eigenvalue weighted by Gasteiger charge is 2.17. The van der Waals surface area contributed by atoms with E-state index in [2.05, 4.69) is 0 Å². The lowest BCUT2D eigenvalue weighted by atomic mass is 10.1. The molecule has 1 aromatic carbocycles. The fourth-order valence-electron chi connectivity index (χ4n) is 1.53. The maximum absolute atomic E-state index is 13.5. The Morgan fingerprint density at radius 3 is 2.75 bits per heavy atom. The van der Waals surface area contributed by atoms with Gasteiger partial charge in [0.25, 0.3) is 5.91 Å². The Hall–Kier alpha value is -1.42. The number of rotatable bonds is 4. The van der Waals surface area contributed by atoms with Crippen molar-refractivity contribution in [2.24, 2.45) is 5.73 Å². The van der Waals surface area contributed by atoms with E-state index >= 15 is 0 Å². The molecule has 0 aliphatic rings. The topological polar surface area (TPSA) is 46.3 Å². The van der Waals surface area contributed by atoms with E-state index in [1.807, 2.05) is 13.8 Å². The third kappa shape index (κ3) is 2.79. The van der Waals surface area contributed by atoms with E-state index in [0.29, 0.717) is 19.6 Å². The summed E-state index contributed by atoms with van der Waals surface area (Å²) in [5, 5.41) is 0. The summed E-state index contributed by atoms with van der Waals surface area (Å²) in [6.45, 7) is 5.04. The summed E-state index contributed by atoms with van der Waals surface area (Å²) >= 11 is 0. The molecule has 0 bridgehead atoms. The number of halogens is 1. The summed E-state index contributed by atoms with van der Waals surface area (Å²) in [5.74, 6) is -0.778. The van der Waals surface area contributed by atoms with Crippen molar-refractivity contribution in [3.8, 4) is 0 Å². The van der Waals surface area contributed by atoms with Crippen molar-refractivity contribution >= 4 is 5.91 Å². The molecule has 0 atom stereocenters. The van der Waals surface area contributed by atoms with Gasteiger partial charge < -0.3 is 10.6 Å². The minimum Gasteiger partial charge on any atom is -0.338 e. The zero-order valence-electron chi connectivity index (χ0n) is 9.66. The SMILES string of the molecule is CCN(CCN)C(=O)c1cc(C)ccc1F. The first-order valence-corrected chi connectivity index (χ1v) is 5.35. The third-order valence-corrected chi connectivity index (χ3v) is 2.42. The molecule has 16 heavy (non-hydrogen) atoms. The molecule has 0 saturated carbocycles. The molecule has 0 aromatic heterocycles. The van der Waals surface area contributed by atoms with Gasteiger partial charge in [-0.25, -0.2) is 4.39 Å². The lowest BCUT2D eigenvalue weighted by molar-refractivity contribution is 0.0764. The van der Waals surface area contributed by atoms with Gasteiger partial charge in [0.15, 0.2) is 0 Å². The number of likely N-dealkylation sites (N-methyl/N-ethyl adjacent to an activating group) is 1. The Morgan fingerprint density at radius 1 is 1.50 bits per heavy atom. The first-order chi connectivity index (χ1) is 7.60. The van der Waals surface area contributed by atoms with Crippen molar-refractivity contribution in [2.75, 3.05) is 19.6 Å². The summed E-state index contributed by atoms with van der Waals surface area (Å²) in [6.07, 6.45) is 0. The van der Waals surface area contributed by atoms with Gasteiger partial charge in [0.05, 0.1) is 5.56 Å². The minimum atomic E-state index is -0.480. The molecule has 0 saturated heterocycles. The highest BCUT2D eigenvalue weighted by molar-refractivity contribution is 5.94. The Bertz CT molecular complexity index is 379. The molecule has 0 radical (unpaired) electrons. The zero-order chi connectivity index (χ0) is 12.1. The van der Waals surface area contributed by atoms with Crippen LogP contribution in [-0.4, -0.2) is 30.4 Å². The van der Waals surface area contributed by atoms with Crippen LogP contribution in [0.25, 0.3) is 0 Å². The Kier molecular flexibility index (Phi) is 4.43. The number of amides is 1. The predicted octanol–water partition coefficient (Wildman–Crippen LogP) is 1.55. The van der Waals surface area contributed by atoms with Crippen molar-refractivity contribution in [3.05, 3.63) is 35.1 Å². The van der Waals surface area contributed by atoms with Gasteiger partial charge in [-0.15, -0.1) is 0 Å². The van der Waals surface area contributed by atoms with Crippen LogP contribution in [0.4, 0.5) is 4.39 Å². The molecule has 88 valence electrons. The molecule has 0 unspecified atom stereocenters. The predicted molar refractivity (Wildman–Crippen MR) is 61.8 cm³/mol. The average Bonchev–Trinajstić information content (AvgIpc) is 2.28. The lowest BCUT2D eigenvalue weighted by Gasteiger charge is -2.20. The second-order valence-corrected chi connectivity index (χ2v) is 3.66. The molecule has 2 N–H and O–H groups in total. The molecule has 4 heteroatoms. The minimum absolute atomic E-state index is 0.121. The number of aryl methyl sites for hydroxylation is 1. The van der Waals surface area contributed by atoms with Gasteiger partial charge >= 0.3 is 0 Å². The second-order valence-electron chi connectivity index (χ2n) is 3.66. The maximum atomic E-state index is 13.5. The number of hydrogen-bond acceptors (Lipinski definition) is 2. The van der Waals surface area contributed by atoms with Crippen molar-refractivity contribution in [1.82, 2.24) is 4.90 Å². The highest BCUT2D eigenvalue weighted by Crippen LogP contribution is 2.12. The molecule has 1 aromatic rings. The molecule has 0 spiro atoms. The van der Waals surface area contributed by atoms with Gasteiger partial charge in [-0.3, -0.25) is 4.79 Å². The Morgan fingerprint density at radius 2 is 2.19 bits per heavy atom. The third-order valence-electron chi connectivity index (χ3n) is 2.42. The van der Waals surface area contributed by atoms with Crippen LogP contribution in [-0.2, 0) is 0 Å².